The van der Waals surface area contributed by atoms with Gasteiger partial charge in [0.05, 0.1) is 35.1 Å². The fraction of sp³-hybridized carbons (Fsp3) is 0.909. The summed E-state index contributed by atoms with van der Waals surface area (Å²) >= 11 is 22.8. The fourth-order valence-corrected chi connectivity index (χ4v) is 4.91. The van der Waals surface area contributed by atoms with Gasteiger partial charge in [-0.1, -0.05) is 0 Å². The van der Waals surface area contributed by atoms with Gasteiger partial charge in [-0.25, -0.2) is 0 Å². The van der Waals surface area contributed by atoms with Crippen molar-refractivity contribution in [2.45, 2.75) is 52.9 Å². The number of nitrogens with one attached hydrogen (secondary N) is 1. The van der Waals surface area contributed by atoms with Gasteiger partial charge in [-0.05, 0) is 33.2 Å². The van der Waals surface area contributed by atoms with Crippen molar-refractivity contribution in [1.29, 1.82) is 0 Å². The third-order valence-corrected chi connectivity index (χ3v) is 7.11. The van der Waals surface area contributed by atoms with Crippen LogP contribution in [0.15, 0.2) is 0 Å². The van der Waals surface area contributed by atoms with E-state index in [1.165, 1.54) is 0 Å². The van der Waals surface area contributed by atoms with E-state index in [0.29, 0.717) is 52.9 Å². The Morgan fingerprint density at radius 3 is 1.24 bits per heavy atom. The van der Waals surface area contributed by atoms with Crippen LogP contribution in [0.5, 0.6) is 0 Å². The summed E-state index contributed by atoms with van der Waals surface area (Å²) in [5, 5.41) is 0. The Labute approximate surface area is 242 Å². The van der Waals surface area contributed by atoms with Crippen molar-refractivity contribution in [3.8, 4) is 0 Å². The van der Waals surface area contributed by atoms with Crippen molar-refractivity contribution >= 4 is 58.3 Å². The molecule has 2 saturated heterocycles. The van der Waals surface area contributed by atoms with Crippen molar-refractivity contribution in [3.05, 3.63) is 0 Å². The molecule has 2 atom stereocenters. The summed E-state index contributed by atoms with van der Waals surface area (Å²) < 4.78 is 46.8. The van der Waals surface area contributed by atoms with Gasteiger partial charge < -0.3 is 87.6 Å². The molecule has 0 bridgehead atoms. The van der Waals surface area contributed by atoms with E-state index in [-0.39, 0.29) is 44.0 Å². The van der Waals surface area contributed by atoms with E-state index in [4.69, 9.17) is 87.6 Å². The lowest BCUT2D eigenvalue weighted by atomic mass is 10.4. The first-order chi connectivity index (χ1) is 17.7. The highest BCUT2D eigenvalue weighted by Gasteiger charge is 2.48. The minimum atomic E-state index is -0.626. The summed E-state index contributed by atoms with van der Waals surface area (Å²) in [6.07, 6.45) is -2.38. The van der Waals surface area contributed by atoms with E-state index >= 15 is 0 Å². The Morgan fingerprint density at radius 2 is 1.00 bits per heavy atom. The number of hydrogen-bond acceptors (Lipinski definition) is 13. The maximum atomic E-state index is 5.89. The molecule has 2 aliphatic heterocycles. The molecule has 2 aliphatic rings. The molecule has 0 saturated carbocycles. The standard InChI is InChI=1S/C22H41N3O8S4/c1-5-26-17(27-6-2)13-24(21(34)35,15-19-30-9-10-31-19)23-25(22(36)37,16-20-32-11-12-33-20)14-18(28-7-3)29-8-4/h17-20,23H,5-16H2,1-4H3. The van der Waals surface area contributed by atoms with Crippen LogP contribution in [0.4, 0.5) is 0 Å². The van der Waals surface area contributed by atoms with Crippen LogP contribution in [0.25, 0.3) is 0 Å². The van der Waals surface area contributed by atoms with E-state index < -0.39 is 25.2 Å². The van der Waals surface area contributed by atoms with Gasteiger partial charge in [-0.15, -0.1) is 0 Å². The Balaban J connectivity index is 2.55. The van der Waals surface area contributed by atoms with Gasteiger partial charge in [0, 0.05) is 26.4 Å². The van der Waals surface area contributed by atoms with Crippen LogP contribution in [-0.2, 0) is 63.2 Å². The van der Waals surface area contributed by atoms with Crippen LogP contribution >= 0.6 is 24.4 Å². The highest BCUT2D eigenvalue weighted by molar-refractivity contribution is 8.00. The van der Waals surface area contributed by atoms with Gasteiger partial charge in [0.1, 0.15) is 0 Å². The molecular weight excluding hydrogens is 563 g/mol. The zero-order chi connectivity index (χ0) is 27.3. The molecule has 0 amide bonds. The predicted molar refractivity (Wildman–Crippen MR) is 149 cm³/mol. The second-order valence-corrected chi connectivity index (χ2v) is 10.4. The minimum absolute atomic E-state index is 0.172. The van der Waals surface area contributed by atoms with Crippen molar-refractivity contribution < 1.29 is 47.1 Å². The highest BCUT2D eigenvalue weighted by atomic mass is 32.1. The molecule has 2 fully saturated rings. The molecule has 0 aliphatic carbocycles. The number of rotatable bonds is 18. The van der Waals surface area contributed by atoms with Gasteiger partial charge >= 0.3 is 0 Å². The average molecular weight is 604 g/mol. The van der Waals surface area contributed by atoms with Gasteiger partial charge in [0.2, 0.25) is 25.2 Å². The first-order valence-electron chi connectivity index (χ1n) is 12.6. The van der Waals surface area contributed by atoms with Crippen LogP contribution in [-0.4, -0.2) is 122 Å². The molecule has 37 heavy (non-hydrogen) atoms. The quantitative estimate of drug-likeness (QED) is 0.0803. The molecule has 2 rings (SSSR count). The maximum absolute atomic E-state index is 5.89. The topological polar surface area (TPSA) is 85.9 Å². The van der Waals surface area contributed by atoms with Crippen LogP contribution in [0.2, 0.25) is 0 Å². The molecule has 15 heteroatoms. The number of nitrogens with zero attached hydrogens (tertiary/aromatic N) is 2. The van der Waals surface area contributed by atoms with E-state index in [1.54, 1.807) is 0 Å². The third kappa shape index (κ3) is 10.3. The molecule has 11 nitrogen and oxygen atoms in total. The molecule has 2 unspecified atom stereocenters. The molecular formula is C22H41N3O8S4. The van der Waals surface area contributed by atoms with Gasteiger partial charge in [0.15, 0.2) is 26.2 Å². The minimum Gasteiger partial charge on any atom is -0.368 e. The molecule has 0 aromatic heterocycles. The van der Waals surface area contributed by atoms with Crippen LogP contribution in [0.1, 0.15) is 27.7 Å². The Morgan fingerprint density at radius 1 is 0.703 bits per heavy atom. The number of thiocarbonyl (C=S) groups is 2. The highest BCUT2D eigenvalue weighted by Crippen LogP contribution is 2.23. The Bertz CT molecular complexity index is 635. The molecule has 1 N–H and O–H groups in total. The summed E-state index contributed by atoms with van der Waals surface area (Å²) in [5.41, 5.74) is 3.57. The first kappa shape index (κ1) is 33.4. The fourth-order valence-electron chi connectivity index (χ4n) is 4.15. The van der Waals surface area contributed by atoms with Crippen LogP contribution < -0.4 is 5.53 Å². The summed E-state index contributed by atoms with van der Waals surface area (Å²) in [6, 6.07) is 0. The van der Waals surface area contributed by atoms with Crippen molar-refractivity contribution in [2.24, 2.45) is 0 Å². The van der Waals surface area contributed by atoms with Gasteiger partial charge in [0.25, 0.3) is 0 Å². The first-order valence-corrected chi connectivity index (χ1v) is 14.3. The zero-order valence-electron chi connectivity index (χ0n) is 22.1. The monoisotopic (exact) mass is 603 g/mol. The van der Waals surface area contributed by atoms with E-state index in [1.807, 2.05) is 27.7 Å². The smallest absolute Gasteiger partial charge is 0.210 e. The largest absolute Gasteiger partial charge is 0.368 e. The second kappa shape index (κ2) is 17.1. The number of ether oxygens (including phenoxy) is 8. The average Bonchev–Trinajstić information content (AvgIpc) is 3.54. The Kier molecular flexibility index (Phi) is 15.4. The van der Waals surface area contributed by atoms with Crippen molar-refractivity contribution in [3.63, 3.8) is 0 Å². The lowest BCUT2D eigenvalue weighted by molar-refractivity contribution is -1.09. The van der Waals surface area contributed by atoms with Crippen LogP contribution in [0, 0.1) is 0 Å². The third-order valence-electron chi connectivity index (χ3n) is 5.72. The summed E-state index contributed by atoms with van der Waals surface area (Å²) in [5.74, 6) is 0. The van der Waals surface area contributed by atoms with Crippen molar-refractivity contribution in [1.82, 2.24) is 5.53 Å². The van der Waals surface area contributed by atoms with Gasteiger partial charge in [-0.2, -0.15) is 9.18 Å². The number of hydrogen-bond donors (Lipinski definition) is 1. The van der Waals surface area contributed by atoms with E-state index in [2.05, 4.69) is 5.53 Å². The predicted octanol–water partition coefficient (Wildman–Crippen LogP) is 1.25. The lowest BCUT2D eigenvalue weighted by Crippen LogP contribution is -2.79. The normalized spacial score (nSPS) is 20.5. The van der Waals surface area contributed by atoms with E-state index in [0.717, 1.165) is 0 Å². The molecule has 0 radical (unpaired) electrons. The second-order valence-electron chi connectivity index (χ2n) is 8.32. The van der Waals surface area contributed by atoms with Gasteiger partial charge in [-0.3, -0.25) is 0 Å². The SMILES string of the molecule is CCOC(C[N+](CC1OCCO1)(N[N+](CC(OCC)OCC)(CC1OCCO1)C(=S)[S-])C(=S)[S-])OCC. The summed E-state index contributed by atoms with van der Waals surface area (Å²) in [7, 11) is 0. The maximum Gasteiger partial charge on any atom is 0.210 e. The zero-order valence-corrected chi connectivity index (χ0v) is 25.4. The molecule has 0 spiro atoms. The molecule has 0 aromatic rings. The van der Waals surface area contributed by atoms with Crippen LogP contribution in [0.3, 0.4) is 0 Å². The summed E-state index contributed by atoms with van der Waals surface area (Å²) in [4.78, 5) is 0. The number of quaternary nitrogens is 2. The Hall–Kier alpha value is 0.180. The molecule has 0 aromatic carbocycles. The summed E-state index contributed by atoms with van der Waals surface area (Å²) in [6.45, 7) is 12.1. The van der Waals surface area contributed by atoms with E-state index in [9.17, 15) is 0 Å². The molecule has 216 valence electrons. The lowest BCUT2D eigenvalue weighted by Gasteiger charge is -2.50. The van der Waals surface area contributed by atoms with Crippen molar-refractivity contribution in [2.75, 3.05) is 79.0 Å². The molecule has 2 heterocycles.